The molecule has 0 amide bonds. The Morgan fingerprint density at radius 3 is 2.75 bits per heavy atom. The number of methoxy groups -OCH3 is 1. The van der Waals surface area contributed by atoms with Crippen molar-refractivity contribution in [2.75, 3.05) is 7.11 Å². The number of allylic oxidation sites excluding steroid dienone is 1. The van der Waals surface area contributed by atoms with Gasteiger partial charge in [0, 0.05) is 11.6 Å². The Morgan fingerprint density at radius 1 is 1.56 bits per heavy atom. The maximum atomic E-state index is 10.5. The molecule has 84 valence electrons. The molecule has 1 rings (SSSR count). The van der Waals surface area contributed by atoms with E-state index in [1.807, 2.05) is 0 Å². The molecule has 5 nitrogen and oxygen atoms in total. The smallest absolute Gasteiger partial charge is 0.273 e. The van der Waals surface area contributed by atoms with Crippen LogP contribution in [0.1, 0.15) is 5.56 Å². The summed E-state index contributed by atoms with van der Waals surface area (Å²) in [5, 5.41) is 9.88. The zero-order valence-electron chi connectivity index (χ0n) is 8.34. The van der Waals surface area contributed by atoms with Gasteiger partial charge in [0.25, 0.3) is 5.69 Å². The summed E-state index contributed by atoms with van der Waals surface area (Å²) >= 11 is 5.13. The van der Waals surface area contributed by atoms with Crippen LogP contribution >= 0.6 is 11.6 Å². The molecule has 0 aromatic heterocycles. The van der Waals surface area contributed by atoms with E-state index >= 15 is 0 Å². The van der Waals surface area contributed by atoms with Crippen LogP contribution in [-0.2, 0) is 4.79 Å². The zero-order valence-corrected chi connectivity index (χ0v) is 9.10. The maximum absolute atomic E-state index is 10.5. The lowest BCUT2D eigenvalue weighted by Crippen LogP contribution is -1.92. The Morgan fingerprint density at radius 2 is 2.25 bits per heavy atom. The molecular formula is C10H8ClNO4. The highest BCUT2D eigenvalue weighted by Crippen LogP contribution is 2.25. The number of hydrogen-bond donors (Lipinski definition) is 0. The molecule has 6 heteroatoms. The van der Waals surface area contributed by atoms with Crippen molar-refractivity contribution in [2.24, 2.45) is 0 Å². The zero-order chi connectivity index (χ0) is 12.1. The molecule has 0 spiro atoms. The van der Waals surface area contributed by atoms with Crippen LogP contribution in [-0.4, -0.2) is 17.3 Å². The fourth-order valence-corrected chi connectivity index (χ4v) is 1.17. The quantitative estimate of drug-likeness (QED) is 0.351. The van der Waals surface area contributed by atoms with Crippen LogP contribution in [0.4, 0.5) is 5.69 Å². The van der Waals surface area contributed by atoms with Crippen molar-refractivity contribution >= 4 is 28.6 Å². The number of nitro benzene ring substituents is 1. The van der Waals surface area contributed by atoms with Crippen molar-refractivity contribution in [2.45, 2.75) is 0 Å². The highest BCUT2D eigenvalue weighted by molar-refractivity contribution is 6.66. The first-order valence-corrected chi connectivity index (χ1v) is 4.62. The molecule has 0 N–H and O–H groups in total. The van der Waals surface area contributed by atoms with Gasteiger partial charge in [0.05, 0.1) is 18.1 Å². The lowest BCUT2D eigenvalue weighted by atomic mass is 10.1. The van der Waals surface area contributed by atoms with Gasteiger partial charge < -0.3 is 4.74 Å². The molecule has 0 aliphatic carbocycles. The number of carbonyl (C=O) groups is 1. The molecule has 1 aromatic rings. The van der Waals surface area contributed by atoms with E-state index in [1.54, 1.807) is 0 Å². The van der Waals surface area contributed by atoms with Gasteiger partial charge in [0.2, 0.25) is 5.24 Å². The van der Waals surface area contributed by atoms with Gasteiger partial charge in [-0.05, 0) is 29.8 Å². The molecule has 0 radical (unpaired) electrons. The van der Waals surface area contributed by atoms with E-state index < -0.39 is 10.2 Å². The minimum absolute atomic E-state index is 0.0776. The predicted molar refractivity (Wildman–Crippen MR) is 59.5 cm³/mol. The van der Waals surface area contributed by atoms with Crippen molar-refractivity contribution in [3.63, 3.8) is 0 Å². The third-order valence-corrected chi connectivity index (χ3v) is 1.95. The molecule has 0 heterocycles. The highest BCUT2D eigenvalue weighted by Gasteiger charge is 2.09. The van der Waals surface area contributed by atoms with Gasteiger partial charge in [-0.1, -0.05) is 0 Å². The fraction of sp³-hybridized carbons (Fsp3) is 0.100. The van der Waals surface area contributed by atoms with Crippen molar-refractivity contribution in [1.82, 2.24) is 0 Å². The van der Waals surface area contributed by atoms with E-state index in [4.69, 9.17) is 16.3 Å². The number of nitrogens with zero attached hydrogens (tertiary/aromatic N) is 1. The first-order valence-electron chi connectivity index (χ1n) is 4.24. The first-order chi connectivity index (χ1) is 7.54. The van der Waals surface area contributed by atoms with E-state index in [1.165, 1.54) is 31.4 Å². The summed E-state index contributed by atoms with van der Waals surface area (Å²) in [5.74, 6) is 0.309. The van der Waals surface area contributed by atoms with Gasteiger partial charge in [0.1, 0.15) is 5.75 Å². The van der Waals surface area contributed by atoms with Crippen LogP contribution in [0.5, 0.6) is 5.75 Å². The average molecular weight is 242 g/mol. The van der Waals surface area contributed by atoms with Crippen LogP contribution < -0.4 is 4.74 Å². The fourth-order valence-electron chi connectivity index (χ4n) is 1.11. The molecule has 16 heavy (non-hydrogen) atoms. The van der Waals surface area contributed by atoms with E-state index in [2.05, 4.69) is 0 Å². The monoisotopic (exact) mass is 241 g/mol. The largest absolute Gasteiger partial charge is 0.496 e. The molecule has 0 saturated heterocycles. The lowest BCUT2D eigenvalue weighted by molar-refractivity contribution is -0.384. The van der Waals surface area contributed by atoms with Crippen molar-refractivity contribution in [3.8, 4) is 5.75 Å². The van der Waals surface area contributed by atoms with Crippen LogP contribution in [0.25, 0.3) is 6.08 Å². The van der Waals surface area contributed by atoms with Gasteiger partial charge in [-0.15, -0.1) is 0 Å². The summed E-state index contributed by atoms with van der Waals surface area (Å²) in [7, 11) is 1.39. The number of halogens is 1. The van der Waals surface area contributed by atoms with Crippen molar-refractivity contribution in [3.05, 3.63) is 40.0 Å². The molecule has 0 atom stereocenters. The molecule has 0 unspecified atom stereocenters. The lowest BCUT2D eigenvalue weighted by Gasteiger charge is -2.03. The van der Waals surface area contributed by atoms with Crippen LogP contribution in [0.3, 0.4) is 0 Å². The minimum atomic E-state index is -0.625. The number of nitro groups is 1. The molecule has 1 aromatic carbocycles. The number of benzene rings is 1. The number of rotatable bonds is 4. The van der Waals surface area contributed by atoms with Crippen LogP contribution in [0.2, 0.25) is 0 Å². The van der Waals surface area contributed by atoms with Gasteiger partial charge in [-0.3, -0.25) is 14.9 Å². The van der Waals surface area contributed by atoms with Crippen molar-refractivity contribution in [1.29, 1.82) is 0 Å². The first kappa shape index (κ1) is 12.2. The Hall–Kier alpha value is -1.88. The maximum Gasteiger partial charge on any atom is 0.273 e. The summed E-state index contributed by atoms with van der Waals surface area (Å²) in [6, 6.07) is 4.08. The highest BCUT2D eigenvalue weighted by atomic mass is 35.5. The number of carbonyl (C=O) groups excluding carboxylic acids is 1. The molecular weight excluding hydrogens is 234 g/mol. The van der Waals surface area contributed by atoms with Gasteiger partial charge >= 0.3 is 0 Å². The van der Waals surface area contributed by atoms with E-state index in [9.17, 15) is 14.9 Å². The average Bonchev–Trinajstić information content (AvgIpc) is 2.25. The van der Waals surface area contributed by atoms with Crippen LogP contribution in [0, 0.1) is 10.1 Å². The molecule has 0 bridgehead atoms. The van der Waals surface area contributed by atoms with Gasteiger partial charge in [-0.25, -0.2) is 0 Å². The molecule has 0 aliphatic rings. The number of hydrogen-bond acceptors (Lipinski definition) is 4. The second kappa shape index (κ2) is 5.27. The van der Waals surface area contributed by atoms with Gasteiger partial charge in [0.15, 0.2) is 0 Å². The van der Waals surface area contributed by atoms with E-state index in [0.717, 1.165) is 6.08 Å². The SMILES string of the molecule is COc1cc([N+](=O)[O-])ccc1/C=C/C(=O)Cl. The summed E-state index contributed by atoms with van der Waals surface area (Å²) in [4.78, 5) is 20.5. The number of ether oxygens (including phenoxy) is 1. The second-order valence-electron chi connectivity index (χ2n) is 2.82. The Kier molecular flexibility index (Phi) is 4.02. The molecule has 0 fully saturated rings. The van der Waals surface area contributed by atoms with Crippen LogP contribution in [0.15, 0.2) is 24.3 Å². The normalized spacial score (nSPS) is 10.4. The Balaban J connectivity index is 3.11. The third-order valence-electron chi connectivity index (χ3n) is 1.82. The summed E-state index contributed by atoms with van der Waals surface area (Å²) in [6.45, 7) is 0. The summed E-state index contributed by atoms with van der Waals surface area (Å²) < 4.78 is 4.96. The summed E-state index contributed by atoms with van der Waals surface area (Å²) in [5.41, 5.74) is 0.466. The van der Waals surface area contributed by atoms with Gasteiger partial charge in [-0.2, -0.15) is 0 Å². The summed E-state index contributed by atoms with van der Waals surface area (Å²) in [6.07, 6.45) is 2.57. The predicted octanol–water partition coefficient (Wildman–Crippen LogP) is 2.38. The third kappa shape index (κ3) is 3.06. The van der Waals surface area contributed by atoms with E-state index in [-0.39, 0.29) is 5.69 Å². The molecule has 0 saturated carbocycles. The standard InChI is InChI=1S/C10H8ClNO4/c1-16-9-6-8(12(14)15)4-2-7(9)3-5-10(11)13/h2-6H,1H3/b5-3+. The number of non-ortho nitro benzene ring substituents is 1. The second-order valence-corrected chi connectivity index (χ2v) is 3.19. The Labute approximate surface area is 96.4 Å². The molecule has 0 aliphatic heterocycles. The topological polar surface area (TPSA) is 69.4 Å². The van der Waals surface area contributed by atoms with Crippen molar-refractivity contribution < 1.29 is 14.5 Å². The minimum Gasteiger partial charge on any atom is -0.496 e. The Bertz CT molecular complexity index is 456. The van der Waals surface area contributed by atoms with E-state index in [0.29, 0.717) is 11.3 Å².